The maximum atomic E-state index is 14.3. The number of nitrogens with zero attached hydrogens (tertiary/aromatic N) is 1. The van der Waals surface area contributed by atoms with Crippen LogP contribution in [0.5, 0.6) is 0 Å². The second kappa shape index (κ2) is 15.4. The molecule has 240 valence electrons. The van der Waals surface area contributed by atoms with E-state index in [1.807, 2.05) is 27.7 Å². The minimum atomic E-state index is -4.32. The molecule has 6 atom stereocenters. The van der Waals surface area contributed by atoms with Crippen LogP contribution in [0.2, 0.25) is 0 Å². The molecule has 1 aromatic heterocycles. The van der Waals surface area contributed by atoms with Crippen molar-refractivity contribution in [2.45, 2.75) is 97.4 Å². The molecule has 1 aliphatic heterocycles. The van der Waals surface area contributed by atoms with Gasteiger partial charge in [0.1, 0.15) is 29.9 Å². The van der Waals surface area contributed by atoms with Crippen LogP contribution in [0.25, 0.3) is 0 Å². The number of ether oxygens (including phenoxy) is 3. The Bertz CT molecular complexity index is 1180. The number of carbonyl (C=O) groups is 2. The van der Waals surface area contributed by atoms with Crippen LogP contribution in [0.1, 0.15) is 67.5 Å². The predicted molar refractivity (Wildman–Crippen MR) is 151 cm³/mol. The summed E-state index contributed by atoms with van der Waals surface area (Å²) in [5.74, 6) is -1.40. The summed E-state index contributed by atoms with van der Waals surface area (Å²) in [6.45, 7) is 11.5. The number of hydrogen-bond donors (Lipinski definition) is 5. The molecular formula is C26H45N4O11P. The van der Waals surface area contributed by atoms with Gasteiger partial charge in [0.15, 0.2) is 6.23 Å². The number of esters is 2. The Hall–Kier alpha value is -2.39. The van der Waals surface area contributed by atoms with Gasteiger partial charge in [-0.1, -0.05) is 27.7 Å². The van der Waals surface area contributed by atoms with Crippen LogP contribution in [0.3, 0.4) is 0 Å². The third kappa shape index (κ3) is 9.56. The van der Waals surface area contributed by atoms with Crippen LogP contribution in [-0.4, -0.2) is 81.4 Å². The molecule has 0 radical (unpaired) electrons. The number of nitrogens with one attached hydrogen (secondary N) is 3. The average molecular weight is 621 g/mol. The molecule has 0 aliphatic carbocycles. The highest BCUT2D eigenvalue weighted by molar-refractivity contribution is 7.54. The summed E-state index contributed by atoms with van der Waals surface area (Å²) in [6, 6.07) is -1.13. The molecule has 2 unspecified atom stereocenters. The summed E-state index contributed by atoms with van der Waals surface area (Å²) in [5.41, 5.74) is -3.58. The second-order valence-electron chi connectivity index (χ2n) is 11.2. The average Bonchev–Trinajstić information content (AvgIpc) is 3.10. The zero-order chi connectivity index (χ0) is 31.8. The molecule has 1 saturated heterocycles. The lowest BCUT2D eigenvalue weighted by Gasteiger charge is -2.30. The Balaban J connectivity index is 2.41. The van der Waals surface area contributed by atoms with Crippen LogP contribution < -0.4 is 21.4 Å². The summed E-state index contributed by atoms with van der Waals surface area (Å²) in [5, 5.41) is 27.3. The number of rotatable bonds is 16. The summed E-state index contributed by atoms with van der Waals surface area (Å²) in [4.78, 5) is 51.4. The predicted octanol–water partition coefficient (Wildman–Crippen LogP) is 0.805. The molecule has 0 amide bonds. The van der Waals surface area contributed by atoms with Crippen molar-refractivity contribution < 1.29 is 43.1 Å². The normalized spacial score (nSPS) is 24.1. The van der Waals surface area contributed by atoms with E-state index in [1.165, 1.54) is 6.92 Å². The molecule has 16 heteroatoms. The first kappa shape index (κ1) is 35.8. The van der Waals surface area contributed by atoms with Gasteiger partial charge >= 0.3 is 25.3 Å². The lowest BCUT2D eigenvalue weighted by atomic mass is 9.96. The second-order valence-corrected chi connectivity index (χ2v) is 13.1. The topological polar surface area (TPSA) is 208 Å². The van der Waals surface area contributed by atoms with Crippen molar-refractivity contribution in [3.63, 3.8) is 0 Å². The summed E-state index contributed by atoms with van der Waals surface area (Å²) in [7, 11) is -4.32. The van der Waals surface area contributed by atoms with Gasteiger partial charge in [-0.2, -0.15) is 0 Å². The molecule has 1 aliphatic rings. The molecule has 0 spiro atoms. The zero-order valence-electron chi connectivity index (χ0n) is 25.2. The summed E-state index contributed by atoms with van der Waals surface area (Å²) in [6.07, 6.45) is -2.85. The number of carbonyl (C=O) groups excluding carboxylic acids is 2. The Kier molecular flexibility index (Phi) is 13.1. The van der Waals surface area contributed by atoms with Gasteiger partial charge < -0.3 is 28.9 Å². The highest BCUT2D eigenvalue weighted by atomic mass is 31.2. The van der Waals surface area contributed by atoms with Crippen molar-refractivity contribution in [3.8, 4) is 0 Å². The van der Waals surface area contributed by atoms with E-state index in [0.717, 1.165) is 16.8 Å². The molecular weight excluding hydrogens is 575 g/mol. The van der Waals surface area contributed by atoms with Crippen molar-refractivity contribution in [3.05, 3.63) is 33.1 Å². The largest absolute Gasteiger partial charge is 0.465 e. The number of hydrogen-bond acceptors (Lipinski definition) is 11. The molecule has 1 fully saturated rings. The van der Waals surface area contributed by atoms with Crippen molar-refractivity contribution in [1.29, 1.82) is 0 Å². The maximum absolute atomic E-state index is 14.3. The van der Waals surface area contributed by atoms with Gasteiger partial charge in [-0.25, -0.2) is 15.0 Å². The molecule has 42 heavy (non-hydrogen) atoms. The fraction of sp³-hybridized carbons (Fsp3) is 0.769. The molecule has 2 heterocycles. The van der Waals surface area contributed by atoms with Gasteiger partial charge in [0, 0.05) is 12.3 Å². The number of H-pyrrole nitrogens is 1. The molecule has 15 nitrogen and oxygen atoms in total. The molecule has 2 rings (SSSR count). The first-order valence-electron chi connectivity index (χ1n) is 14.0. The quantitative estimate of drug-likeness (QED) is 0.128. The zero-order valence-corrected chi connectivity index (χ0v) is 26.1. The third-order valence-electron chi connectivity index (χ3n) is 6.49. The number of aliphatic hydroxyl groups excluding tert-OH is 1. The first-order valence-corrected chi connectivity index (χ1v) is 15.7. The van der Waals surface area contributed by atoms with E-state index in [9.17, 15) is 34.0 Å². The maximum Gasteiger partial charge on any atom is 0.342 e. The lowest BCUT2D eigenvalue weighted by Crippen LogP contribution is -2.47. The Morgan fingerprint density at radius 3 is 2.00 bits per heavy atom. The van der Waals surface area contributed by atoms with Gasteiger partial charge in [-0.05, 0) is 45.4 Å². The van der Waals surface area contributed by atoms with Crippen LogP contribution in [0.4, 0.5) is 0 Å². The van der Waals surface area contributed by atoms with E-state index in [-0.39, 0.29) is 37.9 Å². The van der Waals surface area contributed by atoms with Gasteiger partial charge in [0.2, 0.25) is 0 Å². The van der Waals surface area contributed by atoms with Crippen molar-refractivity contribution in [2.75, 3.05) is 19.8 Å². The van der Waals surface area contributed by atoms with Crippen molar-refractivity contribution in [1.82, 2.24) is 19.7 Å². The van der Waals surface area contributed by atoms with Crippen LogP contribution in [0, 0.1) is 11.8 Å². The van der Waals surface area contributed by atoms with Crippen LogP contribution >= 0.6 is 7.67 Å². The molecule has 5 N–H and O–H groups in total. The van der Waals surface area contributed by atoms with E-state index in [0.29, 0.717) is 0 Å². The monoisotopic (exact) mass is 620 g/mol. The lowest BCUT2D eigenvalue weighted by molar-refractivity contribution is -0.146. The van der Waals surface area contributed by atoms with Crippen LogP contribution in [0.15, 0.2) is 21.9 Å². The van der Waals surface area contributed by atoms with Gasteiger partial charge in [0.25, 0.3) is 5.56 Å². The van der Waals surface area contributed by atoms with E-state index in [1.54, 1.807) is 13.8 Å². The van der Waals surface area contributed by atoms with Crippen molar-refractivity contribution in [2.24, 2.45) is 11.8 Å². The first-order chi connectivity index (χ1) is 19.5. The Morgan fingerprint density at radius 1 is 1.07 bits per heavy atom. The summed E-state index contributed by atoms with van der Waals surface area (Å²) >= 11 is 0. The molecule has 0 saturated carbocycles. The van der Waals surface area contributed by atoms with Gasteiger partial charge in [-0.15, -0.1) is 0 Å². The van der Waals surface area contributed by atoms with Crippen LogP contribution in [-0.2, 0) is 32.9 Å². The summed E-state index contributed by atoms with van der Waals surface area (Å²) < 4.78 is 37.1. The Labute approximate surface area is 244 Å². The smallest absolute Gasteiger partial charge is 0.342 e. The van der Waals surface area contributed by atoms with Gasteiger partial charge in [-0.3, -0.25) is 28.5 Å². The molecule has 0 aromatic carbocycles. The highest BCUT2D eigenvalue weighted by Crippen LogP contribution is 2.44. The van der Waals surface area contributed by atoms with Crippen molar-refractivity contribution >= 4 is 19.6 Å². The molecule has 0 bridgehead atoms. The van der Waals surface area contributed by atoms with E-state index >= 15 is 0 Å². The third-order valence-corrected chi connectivity index (χ3v) is 8.30. The minimum Gasteiger partial charge on any atom is -0.465 e. The molecule has 1 aromatic rings. The highest BCUT2D eigenvalue weighted by Gasteiger charge is 2.54. The minimum absolute atomic E-state index is 0.0247. The van der Waals surface area contributed by atoms with E-state index in [2.05, 4.69) is 15.2 Å². The van der Waals surface area contributed by atoms with E-state index in [4.69, 9.17) is 18.7 Å². The number of aliphatic hydroxyl groups is 2. The SMILES string of the molecule is CCOC(=O)[C@H](CC(C)C)NP(=O)(N[C@@H](CC(C)C)C(=O)OCC)OC[C@H]1OC(n2ccc(=O)[nH]c2=O)[C@@](C)(O)C1O. The van der Waals surface area contributed by atoms with Gasteiger partial charge in [0.05, 0.1) is 19.8 Å². The fourth-order valence-electron chi connectivity index (χ4n) is 4.52. The van der Waals surface area contributed by atoms with E-state index < -0.39 is 73.6 Å². The number of aromatic nitrogens is 2. The fourth-order valence-corrected chi connectivity index (χ4v) is 6.34. The Morgan fingerprint density at radius 2 is 1.57 bits per heavy atom. The standard InChI is InChI=1S/C26H45N4O11P/c1-8-38-22(33)17(12-15(3)4)28-42(37,29-18(13-16(5)6)23(34)39-9-2)40-14-19-21(32)26(7,36)24(41-19)30-11-10-20(31)27-25(30)35/h10-11,15-19,21,24,32,36H,8-9,12-14H2,1-7H3,(H,27,31,35)(H2,28,29,37)/t17-,18-,19+,21?,24?,26-/m0/s1. The number of aromatic amines is 1.